The third kappa shape index (κ3) is 3.48. The Morgan fingerprint density at radius 3 is 2.27 bits per heavy atom. The predicted octanol–water partition coefficient (Wildman–Crippen LogP) is 5.28. The molecule has 0 unspecified atom stereocenters. The molecule has 4 nitrogen and oxygen atoms in total. The zero-order valence-corrected chi connectivity index (χ0v) is 16.1. The number of aryl methyl sites for hydroxylation is 1. The van der Waals surface area contributed by atoms with Crippen LogP contribution >= 0.6 is 22.7 Å². The minimum absolute atomic E-state index is 0.132. The minimum Gasteiger partial charge on any atom is -0.288 e. The lowest BCUT2D eigenvalue weighted by molar-refractivity contribution is -0.118. The van der Waals surface area contributed by atoms with Gasteiger partial charge in [-0.1, -0.05) is 35.6 Å². The Bertz CT molecular complexity index is 987. The number of benzene rings is 2. The highest BCUT2D eigenvalue weighted by Gasteiger charge is 2.17. The van der Waals surface area contributed by atoms with Gasteiger partial charge in [-0.2, -0.15) is 0 Å². The first-order chi connectivity index (χ1) is 12.7. The molecule has 4 aromatic rings. The summed E-state index contributed by atoms with van der Waals surface area (Å²) in [6, 6.07) is 16.2. The number of rotatable bonds is 6. The van der Waals surface area contributed by atoms with Crippen LogP contribution in [0.5, 0.6) is 0 Å². The number of aromatic nitrogens is 2. The monoisotopic (exact) mass is 381 g/mol. The Hall–Kier alpha value is -2.31. The number of hydrogen-bond acceptors (Lipinski definition) is 5. The Balaban J connectivity index is 1.41. The van der Waals surface area contributed by atoms with Crippen molar-refractivity contribution in [2.45, 2.75) is 26.2 Å². The van der Waals surface area contributed by atoms with Gasteiger partial charge in [0.2, 0.25) is 5.91 Å². The molecule has 26 heavy (non-hydrogen) atoms. The van der Waals surface area contributed by atoms with Crippen molar-refractivity contribution in [3.63, 3.8) is 0 Å². The van der Waals surface area contributed by atoms with Gasteiger partial charge in [-0.25, -0.2) is 9.97 Å². The number of amides is 1. The fraction of sp³-hybridized carbons (Fsp3) is 0.250. The van der Waals surface area contributed by atoms with Crippen molar-refractivity contribution in [2.75, 3.05) is 11.4 Å². The van der Waals surface area contributed by atoms with E-state index >= 15 is 0 Å². The summed E-state index contributed by atoms with van der Waals surface area (Å²) in [6.07, 6.45) is 2.15. The molecule has 0 spiro atoms. The Labute approximate surface area is 160 Å². The number of thiazole rings is 2. The molecule has 0 radical (unpaired) electrons. The molecule has 0 aliphatic rings. The van der Waals surface area contributed by atoms with E-state index in [9.17, 15) is 4.79 Å². The number of carbonyl (C=O) groups is 1. The first-order valence-electron chi connectivity index (χ1n) is 8.75. The van der Waals surface area contributed by atoms with Crippen molar-refractivity contribution in [3.05, 3.63) is 53.5 Å². The molecular formula is C20H19N3OS2. The summed E-state index contributed by atoms with van der Waals surface area (Å²) in [7, 11) is 0. The highest BCUT2D eigenvalue weighted by Crippen LogP contribution is 2.29. The maximum absolute atomic E-state index is 12.7. The van der Waals surface area contributed by atoms with Gasteiger partial charge >= 0.3 is 0 Å². The lowest BCUT2D eigenvalue weighted by Gasteiger charge is -2.17. The number of hydrogen-bond donors (Lipinski definition) is 0. The summed E-state index contributed by atoms with van der Waals surface area (Å²) in [4.78, 5) is 23.7. The van der Waals surface area contributed by atoms with Gasteiger partial charge in [-0.05, 0) is 44.0 Å². The van der Waals surface area contributed by atoms with E-state index in [2.05, 4.69) is 16.0 Å². The molecule has 0 saturated carbocycles. The first kappa shape index (κ1) is 17.1. The molecule has 2 heterocycles. The first-order valence-corrected chi connectivity index (χ1v) is 10.4. The van der Waals surface area contributed by atoms with Crippen LogP contribution in [-0.2, 0) is 11.2 Å². The van der Waals surface area contributed by atoms with Crippen LogP contribution in [0.15, 0.2) is 48.5 Å². The molecule has 0 N–H and O–H groups in total. The average Bonchev–Trinajstić information content (AvgIpc) is 3.25. The van der Waals surface area contributed by atoms with Crippen molar-refractivity contribution >= 4 is 54.1 Å². The molecule has 132 valence electrons. The van der Waals surface area contributed by atoms with Gasteiger partial charge in [0.15, 0.2) is 5.13 Å². The third-order valence-electron chi connectivity index (χ3n) is 4.25. The molecule has 0 aliphatic heterocycles. The number of nitrogens with zero attached hydrogens (tertiary/aromatic N) is 3. The van der Waals surface area contributed by atoms with Gasteiger partial charge in [0, 0.05) is 13.0 Å². The van der Waals surface area contributed by atoms with Gasteiger partial charge in [0.05, 0.1) is 25.4 Å². The smallest absolute Gasteiger partial charge is 0.228 e. The summed E-state index contributed by atoms with van der Waals surface area (Å²) < 4.78 is 2.32. The topological polar surface area (TPSA) is 46.1 Å². The highest BCUT2D eigenvalue weighted by molar-refractivity contribution is 7.22. The molecule has 0 saturated heterocycles. The van der Waals surface area contributed by atoms with Gasteiger partial charge in [-0.3, -0.25) is 9.69 Å². The molecule has 0 aliphatic carbocycles. The lowest BCUT2D eigenvalue weighted by Crippen LogP contribution is -2.30. The van der Waals surface area contributed by atoms with Crippen molar-refractivity contribution in [2.24, 2.45) is 0 Å². The molecule has 0 bridgehead atoms. The molecule has 2 aromatic carbocycles. The van der Waals surface area contributed by atoms with Crippen molar-refractivity contribution in [3.8, 4) is 0 Å². The normalized spacial score (nSPS) is 11.3. The van der Waals surface area contributed by atoms with Crippen LogP contribution < -0.4 is 4.90 Å². The minimum atomic E-state index is 0.132. The summed E-state index contributed by atoms with van der Waals surface area (Å²) >= 11 is 3.29. The second-order valence-electron chi connectivity index (χ2n) is 6.03. The van der Waals surface area contributed by atoms with Crippen LogP contribution in [0.2, 0.25) is 0 Å². The molecule has 4 rings (SSSR count). The van der Waals surface area contributed by atoms with E-state index in [1.54, 1.807) is 27.6 Å². The molecule has 0 atom stereocenters. The quantitative estimate of drug-likeness (QED) is 0.456. The maximum Gasteiger partial charge on any atom is 0.228 e. The van der Waals surface area contributed by atoms with Gasteiger partial charge < -0.3 is 0 Å². The summed E-state index contributed by atoms with van der Waals surface area (Å²) in [5, 5.41) is 1.89. The van der Waals surface area contributed by atoms with Crippen LogP contribution in [0.3, 0.4) is 0 Å². The van der Waals surface area contributed by atoms with Crippen molar-refractivity contribution < 1.29 is 4.79 Å². The number of para-hydroxylation sites is 2. The Morgan fingerprint density at radius 1 is 0.962 bits per heavy atom. The fourth-order valence-electron chi connectivity index (χ4n) is 2.95. The van der Waals surface area contributed by atoms with E-state index < -0.39 is 0 Å². The van der Waals surface area contributed by atoms with E-state index in [1.165, 1.54) is 4.70 Å². The largest absolute Gasteiger partial charge is 0.288 e. The number of fused-ring (bicyclic) bond motifs is 2. The zero-order valence-electron chi connectivity index (χ0n) is 14.5. The second-order valence-corrected chi connectivity index (χ2v) is 8.16. The average molecular weight is 382 g/mol. The predicted molar refractivity (Wildman–Crippen MR) is 110 cm³/mol. The van der Waals surface area contributed by atoms with Crippen molar-refractivity contribution in [1.29, 1.82) is 0 Å². The van der Waals surface area contributed by atoms with Crippen LogP contribution in [0.4, 0.5) is 5.13 Å². The third-order valence-corrected chi connectivity index (χ3v) is 6.41. The second kappa shape index (κ2) is 7.51. The van der Waals surface area contributed by atoms with Crippen molar-refractivity contribution in [1.82, 2.24) is 9.97 Å². The zero-order chi connectivity index (χ0) is 17.9. The summed E-state index contributed by atoms with van der Waals surface area (Å²) in [5.74, 6) is 0.132. The van der Waals surface area contributed by atoms with Gasteiger partial charge in [0.1, 0.15) is 0 Å². The van der Waals surface area contributed by atoms with Crippen LogP contribution in [-0.4, -0.2) is 22.4 Å². The Morgan fingerprint density at radius 2 is 1.62 bits per heavy atom. The summed E-state index contributed by atoms with van der Waals surface area (Å²) in [6.45, 7) is 2.64. The van der Waals surface area contributed by atoms with Crippen LogP contribution in [0.25, 0.3) is 20.4 Å². The van der Waals surface area contributed by atoms with Gasteiger partial charge in [-0.15, -0.1) is 11.3 Å². The molecule has 2 aromatic heterocycles. The standard InChI is InChI=1S/C20H19N3OS2/c1-2-23(20-22-15-9-4-6-11-17(15)26-20)19(24)13-7-12-18-21-14-8-3-5-10-16(14)25-18/h3-6,8-11H,2,7,12-13H2,1H3. The lowest BCUT2D eigenvalue weighted by atomic mass is 10.2. The van der Waals surface area contributed by atoms with Gasteiger partial charge in [0.25, 0.3) is 0 Å². The summed E-state index contributed by atoms with van der Waals surface area (Å²) in [5.41, 5.74) is 2.00. The van der Waals surface area contributed by atoms with Crippen LogP contribution in [0, 0.1) is 0 Å². The van der Waals surface area contributed by atoms with E-state index in [0.29, 0.717) is 13.0 Å². The molecular weight excluding hydrogens is 362 g/mol. The number of carbonyl (C=O) groups excluding carboxylic acids is 1. The van der Waals surface area contributed by atoms with E-state index in [1.807, 2.05) is 49.4 Å². The van der Waals surface area contributed by atoms with E-state index in [-0.39, 0.29) is 5.91 Å². The number of anilines is 1. The Kier molecular flexibility index (Phi) is 4.95. The maximum atomic E-state index is 12.7. The fourth-order valence-corrected chi connectivity index (χ4v) is 5.00. The highest BCUT2D eigenvalue weighted by atomic mass is 32.1. The molecule has 0 fully saturated rings. The van der Waals surface area contributed by atoms with E-state index in [4.69, 9.17) is 0 Å². The SMILES string of the molecule is CCN(C(=O)CCCc1nc2ccccc2s1)c1nc2ccccc2s1. The molecule has 6 heteroatoms. The van der Waals surface area contributed by atoms with E-state index in [0.717, 1.165) is 38.7 Å². The molecule has 1 amide bonds. The van der Waals surface area contributed by atoms with Crippen LogP contribution in [0.1, 0.15) is 24.8 Å².